The molecule has 2 heterocycles. The number of hydrazine groups is 1. The second-order valence-electron chi connectivity index (χ2n) is 3.22. The first-order valence-corrected chi connectivity index (χ1v) is 5.54. The zero-order valence-corrected chi connectivity index (χ0v) is 9.64. The summed E-state index contributed by atoms with van der Waals surface area (Å²) in [5, 5.41) is 0.595. The number of imidazole rings is 1. The van der Waals surface area contributed by atoms with Crippen molar-refractivity contribution >= 4 is 17.6 Å². The van der Waals surface area contributed by atoms with Crippen molar-refractivity contribution in [2.45, 2.75) is 16.4 Å². The van der Waals surface area contributed by atoms with Gasteiger partial charge in [-0.2, -0.15) is 13.2 Å². The van der Waals surface area contributed by atoms with Gasteiger partial charge in [-0.3, -0.25) is 0 Å². The highest BCUT2D eigenvalue weighted by Crippen LogP contribution is 2.34. The predicted molar refractivity (Wildman–Crippen MR) is 59.8 cm³/mol. The molecule has 0 fully saturated rings. The number of hydrogen-bond donors (Lipinski definition) is 3. The van der Waals surface area contributed by atoms with E-state index in [1.165, 1.54) is 6.20 Å². The molecule has 0 aliphatic carbocycles. The quantitative estimate of drug-likeness (QED) is 0.591. The Kier molecular flexibility index (Phi) is 3.43. The maximum absolute atomic E-state index is 12.6. The first-order valence-electron chi connectivity index (χ1n) is 4.72. The third-order valence-corrected chi connectivity index (χ3v) is 2.79. The molecular formula is C9H8F3N5S. The van der Waals surface area contributed by atoms with Crippen LogP contribution in [0.5, 0.6) is 0 Å². The maximum atomic E-state index is 12.6. The number of rotatable bonds is 3. The van der Waals surface area contributed by atoms with E-state index in [1.807, 2.05) is 0 Å². The Hall–Kier alpha value is -1.74. The molecular weight excluding hydrogens is 267 g/mol. The number of nitrogens with zero attached hydrogens (tertiary/aromatic N) is 2. The highest BCUT2D eigenvalue weighted by Gasteiger charge is 2.31. The number of nitrogens with one attached hydrogen (secondary N) is 2. The van der Waals surface area contributed by atoms with Crippen molar-refractivity contribution in [1.29, 1.82) is 0 Å². The number of anilines is 1. The lowest BCUT2D eigenvalue weighted by Gasteiger charge is -2.10. The minimum absolute atomic E-state index is 0.0566. The van der Waals surface area contributed by atoms with Crippen molar-refractivity contribution in [2.24, 2.45) is 5.84 Å². The summed E-state index contributed by atoms with van der Waals surface area (Å²) in [6.45, 7) is 0. The Balaban J connectivity index is 2.35. The molecule has 0 saturated carbocycles. The summed E-state index contributed by atoms with van der Waals surface area (Å²) in [6, 6.07) is 1.78. The third-order valence-electron chi connectivity index (χ3n) is 1.95. The fourth-order valence-corrected chi connectivity index (χ4v) is 1.97. The van der Waals surface area contributed by atoms with Gasteiger partial charge in [-0.1, -0.05) is 0 Å². The maximum Gasteiger partial charge on any atom is 0.416 e. The van der Waals surface area contributed by atoms with Crippen LogP contribution in [0.2, 0.25) is 0 Å². The van der Waals surface area contributed by atoms with Crippen molar-refractivity contribution in [3.63, 3.8) is 0 Å². The Morgan fingerprint density at radius 3 is 2.67 bits per heavy atom. The van der Waals surface area contributed by atoms with Crippen LogP contribution in [0.4, 0.5) is 19.0 Å². The number of nitrogens with two attached hydrogens (primary N) is 1. The Morgan fingerprint density at radius 2 is 2.11 bits per heavy atom. The fourth-order valence-electron chi connectivity index (χ4n) is 1.20. The molecule has 2 aromatic heterocycles. The Labute approximate surface area is 104 Å². The van der Waals surface area contributed by atoms with E-state index in [0.717, 1.165) is 23.9 Å². The van der Waals surface area contributed by atoms with Gasteiger partial charge in [0.05, 0.1) is 5.56 Å². The summed E-state index contributed by atoms with van der Waals surface area (Å²) in [5.41, 5.74) is 1.28. The number of halogens is 3. The average molecular weight is 275 g/mol. The summed E-state index contributed by atoms with van der Waals surface area (Å²) in [4.78, 5) is 10.6. The van der Waals surface area contributed by atoms with Gasteiger partial charge in [-0.05, 0) is 23.9 Å². The molecule has 4 N–H and O–H groups in total. The van der Waals surface area contributed by atoms with Gasteiger partial charge in [0.1, 0.15) is 10.8 Å². The Bertz CT molecular complexity index is 525. The number of aromatic amines is 1. The zero-order valence-electron chi connectivity index (χ0n) is 8.82. The monoisotopic (exact) mass is 275 g/mol. The molecule has 0 aliphatic rings. The molecule has 96 valence electrons. The molecule has 0 radical (unpaired) electrons. The van der Waals surface area contributed by atoms with Crippen LogP contribution in [-0.2, 0) is 6.18 Å². The molecule has 0 bridgehead atoms. The van der Waals surface area contributed by atoms with E-state index in [9.17, 15) is 13.2 Å². The molecule has 5 nitrogen and oxygen atoms in total. The van der Waals surface area contributed by atoms with E-state index < -0.39 is 11.7 Å². The molecule has 2 aromatic rings. The SMILES string of the molecule is NNc1cc(C(F)(F)F)cc(Sc2ncc[nH]2)n1. The van der Waals surface area contributed by atoms with E-state index in [-0.39, 0.29) is 10.8 Å². The second kappa shape index (κ2) is 4.86. The highest BCUT2D eigenvalue weighted by atomic mass is 32.2. The van der Waals surface area contributed by atoms with E-state index in [2.05, 4.69) is 20.4 Å². The normalized spacial score (nSPS) is 11.6. The topological polar surface area (TPSA) is 79.6 Å². The lowest BCUT2D eigenvalue weighted by atomic mass is 10.2. The number of hydrogen-bond acceptors (Lipinski definition) is 5. The zero-order chi connectivity index (χ0) is 13.2. The van der Waals surface area contributed by atoms with Crippen LogP contribution in [-0.4, -0.2) is 15.0 Å². The first-order chi connectivity index (χ1) is 8.49. The smallest absolute Gasteiger partial charge is 0.339 e. The molecule has 0 aliphatic heterocycles. The van der Waals surface area contributed by atoms with E-state index in [4.69, 9.17) is 5.84 Å². The number of nitrogen functional groups attached to an aromatic ring is 1. The van der Waals surface area contributed by atoms with E-state index >= 15 is 0 Å². The van der Waals surface area contributed by atoms with Crippen LogP contribution in [0.3, 0.4) is 0 Å². The minimum atomic E-state index is -4.45. The molecule has 0 aromatic carbocycles. The summed E-state index contributed by atoms with van der Waals surface area (Å²) in [7, 11) is 0. The summed E-state index contributed by atoms with van der Waals surface area (Å²) >= 11 is 0.981. The van der Waals surface area contributed by atoms with Crippen LogP contribution < -0.4 is 11.3 Å². The number of pyridine rings is 1. The highest BCUT2D eigenvalue weighted by molar-refractivity contribution is 7.99. The summed E-state index contributed by atoms with van der Waals surface area (Å²) in [6.07, 6.45) is -1.39. The number of alkyl halides is 3. The largest absolute Gasteiger partial charge is 0.416 e. The van der Waals surface area contributed by atoms with Gasteiger partial charge in [0, 0.05) is 12.4 Å². The van der Waals surface area contributed by atoms with Crippen molar-refractivity contribution in [1.82, 2.24) is 15.0 Å². The van der Waals surface area contributed by atoms with Crippen molar-refractivity contribution in [3.8, 4) is 0 Å². The molecule has 0 spiro atoms. The molecule has 0 atom stereocenters. The van der Waals surface area contributed by atoms with Gasteiger partial charge < -0.3 is 10.4 Å². The Morgan fingerprint density at radius 1 is 1.33 bits per heavy atom. The van der Waals surface area contributed by atoms with Gasteiger partial charge in [-0.25, -0.2) is 15.8 Å². The standard InChI is InChI=1S/C9H8F3N5S/c10-9(11,12)5-3-6(17-13)16-7(4-5)18-8-14-1-2-15-8/h1-4H,13H2,(H,14,15)(H,16,17). The third kappa shape index (κ3) is 2.93. The van der Waals surface area contributed by atoms with Crippen molar-refractivity contribution < 1.29 is 13.2 Å². The van der Waals surface area contributed by atoms with Crippen LogP contribution in [0.15, 0.2) is 34.7 Å². The first kappa shape index (κ1) is 12.7. The van der Waals surface area contributed by atoms with Gasteiger partial charge in [-0.15, -0.1) is 0 Å². The van der Waals surface area contributed by atoms with E-state index in [0.29, 0.717) is 5.16 Å². The second-order valence-corrected chi connectivity index (χ2v) is 4.23. The van der Waals surface area contributed by atoms with Crippen LogP contribution in [0.25, 0.3) is 0 Å². The molecule has 0 unspecified atom stereocenters. The summed E-state index contributed by atoms with van der Waals surface area (Å²) < 4.78 is 37.9. The number of H-pyrrole nitrogens is 1. The predicted octanol–water partition coefficient (Wildman–Crippen LogP) is 2.26. The van der Waals surface area contributed by atoms with Crippen LogP contribution in [0.1, 0.15) is 5.56 Å². The van der Waals surface area contributed by atoms with Crippen molar-refractivity contribution in [2.75, 3.05) is 5.43 Å². The summed E-state index contributed by atoms with van der Waals surface area (Å²) in [5.74, 6) is 5.04. The van der Waals surface area contributed by atoms with Crippen LogP contribution in [0, 0.1) is 0 Å². The van der Waals surface area contributed by atoms with Crippen molar-refractivity contribution in [3.05, 3.63) is 30.1 Å². The lowest BCUT2D eigenvalue weighted by Crippen LogP contribution is -2.12. The average Bonchev–Trinajstić information content (AvgIpc) is 2.80. The molecule has 0 saturated heterocycles. The lowest BCUT2D eigenvalue weighted by molar-refractivity contribution is -0.137. The van der Waals surface area contributed by atoms with Gasteiger partial charge in [0.15, 0.2) is 5.16 Å². The van der Waals surface area contributed by atoms with Gasteiger partial charge >= 0.3 is 6.18 Å². The van der Waals surface area contributed by atoms with Crippen LogP contribution >= 0.6 is 11.8 Å². The molecule has 2 rings (SSSR count). The minimum Gasteiger partial charge on any atom is -0.339 e. The molecule has 0 amide bonds. The fraction of sp³-hybridized carbons (Fsp3) is 0.111. The van der Waals surface area contributed by atoms with E-state index in [1.54, 1.807) is 6.20 Å². The van der Waals surface area contributed by atoms with Gasteiger partial charge in [0.2, 0.25) is 0 Å². The van der Waals surface area contributed by atoms with Gasteiger partial charge in [0.25, 0.3) is 0 Å². The molecule has 9 heteroatoms. The molecule has 18 heavy (non-hydrogen) atoms. The number of aromatic nitrogens is 3.